The Bertz CT molecular complexity index is 13.5. The lowest BCUT2D eigenvalue weighted by molar-refractivity contribution is 0.186. The van der Waals surface area contributed by atoms with Crippen LogP contribution in [0.1, 0.15) is 0 Å². The van der Waals surface area contributed by atoms with Gasteiger partial charge in [0, 0.05) is 0 Å². The molecule has 4 heteroatoms. The van der Waals surface area contributed by atoms with E-state index in [1.54, 1.807) is 0 Å². The normalized spacial score (nSPS) is 6.00. The quantitative estimate of drug-likeness (QED) is 0.360. The molecule has 0 bridgehead atoms. The van der Waals surface area contributed by atoms with Gasteiger partial charge in [-0.05, 0) is 0 Å². The summed E-state index contributed by atoms with van der Waals surface area (Å²) >= 11 is 0. The van der Waals surface area contributed by atoms with Gasteiger partial charge in [0.15, 0.2) is 0 Å². The van der Waals surface area contributed by atoms with E-state index in [1.165, 1.54) is 0 Å². The molecule has 0 saturated carbocycles. The first kappa shape index (κ1) is 9.26. The van der Waals surface area contributed by atoms with E-state index in [2.05, 4.69) is 5.96 Å². The maximum atomic E-state index is 9.00. The van der Waals surface area contributed by atoms with Gasteiger partial charge in [-0.2, -0.15) is 5.96 Å². The van der Waals surface area contributed by atoms with Crippen LogP contribution in [-0.4, -0.2) is 23.4 Å². The number of hydrogen-bond donors (Lipinski definition) is 3. The Hall–Kier alpha value is -0.190. The fraction of sp³-hybridized carbons (Fsp3) is 1.00. The fourth-order valence-corrected chi connectivity index (χ4v) is 0. The zero-order valence-corrected chi connectivity index (χ0v) is 3.26. The van der Waals surface area contributed by atoms with Crippen LogP contribution in [0.15, 0.2) is 0 Å². The Balaban J connectivity index is 0. The summed E-state index contributed by atoms with van der Waals surface area (Å²) in [6, 6.07) is 0. The van der Waals surface area contributed by atoms with E-state index < -0.39 is 0 Å². The van der Waals surface area contributed by atoms with Crippen molar-refractivity contribution < 1.29 is 14.7 Å². The van der Waals surface area contributed by atoms with E-state index in [-0.39, 0.29) is 13.2 Å². The van der Waals surface area contributed by atoms with Crippen molar-refractivity contribution in [2.45, 2.75) is 0 Å². The van der Waals surface area contributed by atoms with Gasteiger partial charge >= 0.3 is 0 Å². The van der Waals surface area contributed by atoms with Gasteiger partial charge in [-0.15, -0.1) is 4.48 Å². The summed E-state index contributed by atoms with van der Waals surface area (Å²) in [7, 11) is 0. The lowest BCUT2D eigenvalue weighted by Gasteiger charge is -1.70. The minimum atomic E-state index is -0.125. The second kappa shape index (κ2) is 21.3. The first-order valence-corrected chi connectivity index (χ1v) is 1.35. The van der Waals surface area contributed by atoms with Gasteiger partial charge in [-0.3, -0.25) is 0 Å². The van der Waals surface area contributed by atoms with Crippen molar-refractivity contribution in [1.82, 2.24) is 0 Å². The molecule has 0 aliphatic carbocycles. The van der Waals surface area contributed by atoms with Crippen LogP contribution < -0.4 is 5.96 Å². The van der Waals surface area contributed by atoms with Crippen LogP contribution in [0.3, 0.4) is 0 Å². The lowest BCUT2D eigenvalue weighted by atomic mass is 10.8. The predicted molar refractivity (Wildman–Crippen MR) is 19.5 cm³/mol. The second-order valence-corrected chi connectivity index (χ2v) is 0.447. The van der Waals surface area contributed by atoms with Gasteiger partial charge in [-0.1, -0.05) is 0 Å². The summed E-state index contributed by atoms with van der Waals surface area (Å²) in [5, 5.41) is 15.2. The van der Waals surface area contributed by atoms with Crippen LogP contribution in [0.25, 0.3) is 0 Å². The number of aliphatic hydroxyl groups is 2. The van der Waals surface area contributed by atoms with E-state index in [4.69, 9.17) is 14.7 Å². The molecular weight excluding hydrogens is 89.0 g/mol. The minimum absolute atomic E-state index is 0.125. The first-order valence-electron chi connectivity index (χ1n) is 1.35. The maximum Gasteiger partial charge on any atom is 0.0662 e. The summed E-state index contributed by atoms with van der Waals surface area (Å²) in [6.07, 6.45) is 0. The van der Waals surface area contributed by atoms with Crippen molar-refractivity contribution >= 4 is 0 Å². The Morgan fingerprint density at radius 3 is 1.33 bits per heavy atom. The maximum absolute atomic E-state index is 9.00. The van der Waals surface area contributed by atoms with Gasteiger partial charge in [0.05, 0.1) is 13.2 Å². The van der Waals surface area contributed by atoms with Crippen molar-refractivity contribution in [3.8, 4) is 0 Å². The molecule has 0 rings (SSSR count). The Labute approximate surface area is 35.1 Å². The van der Waals surface area contributed by atoms with Crippen molar-refractivity contribution in [2.75, 3.05) is 13.2 Å². The summed E-state index contributed by atoms with van der Waals surface area (Å²) in [5.74, 6) is 3.00. The highest BCUT2D eigenvalue weighted by molar-refractivity contribution is 4.06. The van der Waals surface area contributed by atoms with Gasteiger partial charge < -0.3 is 10.2 Å². The average Bonchev–Trinajstić information content (AvgIpc) is 1.72. The van der Waals surface area contributed by atoms with Gasteiger partial charge in [0.1, 0.15) is 0 Å². The summed E-state index contributed by atoms with van der Waals surface area (Å²) in [6.45, 7) is -0.250. The topological polar surface area (TPSA) is 66.5 Å². The van der Waals surface area contributed by atoms with Gasteiger partial charge in [-0.25, -0.2) is 0 Å². The number of halogens is 1. The summed E-state index contributed by atoms with van der Waals surface area (Å²) < 4.78 is 9.00. The smallest absolute Gasteiger partial charge is 0.0662 e. The van der Waals surface area contributed by atoms with Crippen LogP contribution in [0, 0.1) is 0 Å². The third-order valence-corrected chi connectivity index (χ3v) is 0.1000. The van der Waals surface area contributed by atoms with Gasteiger partial charge in [0.25, 0.3) is 0 Å². The molecule has 0 aliphatic heterocycles. The fourth-order valence-electron chi connectivity index (χ4n) is 0. The molecule has 0 aromatic heterocycles. The number of nitrogens with two attached hydrogens (primary N) is 1. The van der Waals surface area contributed by atoms with Crippen molar-refractivity contribution in [1.29, 1.82) is 0 Å². The zero-order valence-electron chi connectivity index (χ0n) is 3.26. The molecule has 0 spiro atoms. The largest absolute Gasteiger partial charge is 0.394 e. The highest BCUT2D eigenvalue weighted by Crippen LogP contribution is 1.39. The Morgan fingerprint density at radius 1 is 1.17 bits per heavy atom. The first-order chi connectivity index (χ1) is 2.91. The molecule has 0 aliphatic rings. The Morgan fingerprint density at radius 2 is 1.33 bits per heavy atom. The third-order valence-electron chi connectivity index (χ3n) is 0.1000. The van der Waals surface area contributed by atoms with Gasteiger partial charge in [0.2, 0.25) is 0 Å². The van der Waals surface area contributed by atoms with E-state index >= 15 is 0 Å². The SMILES string of the molecule is NF.OCCO. The van der Waals surface area contributed by atoms with Crippen LogP contribution in [0.2, 0.25) is 0 Å². The number of rotatable bonds is 1. The van der Waals surface area contributed by atoms with Crippen LogP contribution >= 0.6 is 0 Å². The number of aliphatic hydroxyl groups excluding tert-OH is 2. The molecule has 0 aromatic carbocycles. The molecule has 0 fully saturated rings. The molecule has 4 N–H and O–H groups in total. The summed E-state index contributed by atoms with van der Waals surface area (Å²) in [4.78, 5) is 0. The molecule has 0 aromatic rings. The average molecular weight is 97.1 g/mol. The predicted octanol–water partition coefficient (Wildman–Crippen LogP) is -1.20. The van der Waals surface area contributed by atoms with E-state index in [1.807, 2.05) is 0 Å². The highest BCUT2D eigenvalue weighted by atomic mass is 19.2. The zero-order chi connectivity index (χ0) is 5.41. The molecule has 0 amide bonds. The standard InChI is InChI=1S/C2H6O2.FH2N/c3-1-2-4;1-2/h3-4H,1-2H2;2H2. The lowest BCUT2D eigenvalue weighted by Crippen LogP contribution is -1.85. The molecule has 0 saturated heterocycles. The third kappa shape index (κ3) is 45.9. The Kier molecular flexibility index (Phi) is 32.9. The summed E-state index contributed by atoms with van der Waals surface area (Å²) in [5.41, 5.74) is 0. The molecular formula is C2H8FNO2. The number of hydrogen-bond acceptors (Lipinski definition) is 3. The van der Waals surface area contributed by atoms with Crippen molar-refractivity contribution in [2.24, 2.45) is 5.96 Å². The van der Waals surface area contributed by atoms with E-state index in [9.17, 15) is 0 Å². The van der Waals surface area contributed by atoms with Crippen molar-refractivity contribution in [3.05, 3.63) is 0 Å². The highest BCUT2D eigenvalue weighted by Gasteiger charge is 1.58. The van der Waals surface area contributed by atoms with Crippen LogP contribution in [-0.2, 0) is 0 Å². The molecule has 3 nitrogen and oxygen atoms in total. The van der Waals surface area contributed by atoms with Crippen LogP contribution in [0.4, 0.5) is 4.48 Å². The molecule has 40 valence electrons. The van der Waals surface area contributed by atoms with Crippen molar-refractivity contribution in [3.63, 3.8) is 0 Å². The molecule has 0 heterocycles. The molecule has 0 atom stereocenters. The van der Waals surface area contributed by atoms with Crippen LogP contribution in [0.5, 0.6) is 0 Å². The molecule has 0 radical (unpaired) electrons. The molecule has 0 unspecified atom stereocenters. The van der Waals surface area contributed by atoms with E-state index in [0.29, 0.717) is 0 Å². The molecule has 6 heavy (non-hydrogen) atoms. The van der Waals surface area contributed by atoms with E-state index in [0.717, 1.165) is 0 Å². The monoisotopic (exact) mass is 97.1 g/mol. The minimum Gasteiger partial charge on any atom is -0.394 e. The second-order valence-electron chi connectivity index (χ2n) is 0.447.